The maximum Gasteiger partial charge on any atom is 0.0538 e. The summed E-state index contributed by atoms with van der Waals surface area (Å²) in [6, 6.07) is 11.0. The van der Waals surface area contributed by atoms with Gasteiger partial charge in [-0.1, -0.05) is 63.9 Å². The lowest BCUT2D eigenvalue weighted by atomic mass is 9.83. The third kappa shape index (κ3) is 5.12. The second-order valence-electron chi connectivity index (χ2n) is 6.32. The minimum Gasteiger partial charge on any atom is -0.320 e. The van der Waals surface area contributed by atoms with Gasteiger partial charge in [0.2, 0.25) is 0 Å². The van der Waals surface area contributed by atoms with Crippen molar-refractivity contribution in [2.45, 2.75) is 71.4 Å². The van der Waals surface area contributed by atoms with E-state index in [-0.39, 0.29) is 5.54 Å². The fourth-order valence-electron chi connectivity index (χ4n) is 3.20. The number of unbranched alkanes of at least 4 members (excludes halogenated alkanes) is 2. The molecular weight excluding hydrogens is 256 g/mol. The van der Waals surface area contributed by atoms with Gasteiger partial charge in [-0.25, -0.2) is 0 Å². The second-order valence-corrected chi connectivity index (χ2v) is 6.32. The lowest BCUT2D eigenvalue weighted by molar-refractivity contribution is 0.118. The van der Waals surface area contributed by atoms with Gasteiger partial charge in [0.25, 0.3) is 0 Å². The second kappa shape index (κ2) is 9.22. The number of hydrogen-bond acceptors (Lipinski definition) is 2. The monoisotopic (exact) mass is 290 g/mol. The van der Waals surface area contributed by atoms with E-state index in [4.69, 9.17) is 5.73 Å². The molecule has 0 aliphatic rings. The van der Waals surface area contributed by atoms with Crippen molar-refractivity contribution in [1.82, 2.24) is 4.90 Å². The molecule has 0 aromatic heterocycles. The van der Waals surface area contributed by atoms with E-state index in [9.17, 15) is 0 Å². The standard InChI is InChI=1S/C19H34N2/c1-5-8-15-21(16-9-6-2)18(7-3)19(4,20)17-13-11-10-12-14-17/h10-14,18H,5-9,15-16,20H2,1-4H3. The van der Waals surface area contributed by atoms with E-state index in [1.807, 2.05) is 0 Å². The van der Waals surface area contributed by atoms with E-state index >= 15 is 0 Å². The first-order valence-corrected chi connectivity index (χ1v) is 8.66. The molecule has 0 bridgehead atoms. The van der Waals surface area contributed by atoms with Gasteiger partial charge in [0.15, 0.2) is 0 Å². The van der Waals surface area contributed by atoms with Crippen LogP contribution in [0.4, 0.5) is 0 Å². The molecule has 2 unspecified atom stereocenters. The van der Waals surface area contributed by atoms with Crippen LogP contribution in [0.1, 0.15) is 65.4 Å². The van der Waals surface area contributed by atoms with Crippen LogP contribution >= 0.6 is 0 Å². The highest BCUT2D eigenvalue weighted by Crippen LogP contribution is 2.28. The lowest BCUT2D eigenvalue weighted by Gasteiger charge is -2.42. The topological polar surface area (TPSA) is 29.3 Å². The van der Waals surface area contributed by atoms with E-state index < -0.39 is 0 Å². The van der Waals surface area contributed by atoms with E-state index in [1.54, 1.807) is 0 Å². The SMILES string of the molecule is CCCCN(CCCC)C(CC)C(C)(N)c1ccccc1. The molecule has 0 aliphatic heterocycles. The minimum atomic E-state index is -0.294. The van der Waals surface area contributed by atoms with Crippen molar-refractivity contribution in [2.24, 2.45) is 5.73 Å². The molecule has 0 saturated heterocycles. The molecule has 0 radical (unpaired) electrons. The summed E-state index contributed by atoms with van der Waals surface area (Å²) in [5, 5.41) is 0. The molecular formula is C19H34N2. The van der Waals surface area contributed by atoms with Gasteiger partial charge in [-0.3, -0.25) is 4.90 Å². The van der Waals surface area contributed by atoms with Gasteiger partial charge < -0.3 is 5.73 Å². The molecule has 0 saturated carbocycles. The van der Waals surface area contributed by atoms with Gasteiger partial charge in [0, 0.05) is 6.04 Å². The van der Waals surface area contributed by atoms with Gasteiger partial charge in [0.05, 0.1) is 5.54 Å². The highest BCUT2D eigenvalue weighted by molar-refractivity contribution is 5.25. The Morgan fingerprint density at radius 1 is 1.00 bits per heavy atom. The van der Waals surface area contributed by atoms with Gasteiger partial charge >= 0.3 is 0 Å². The zero-order valence-electron chi connectivity index (χ0n) is 14.4. The zero-order valence-corrected chi connectivity index (χ0v) is 14.4. The molecule has 0 aliphatic carbocycles. The zero-order chi connectivity index (χ0) is 15.7. The van der Waals surface area contributed by atoms with Crippen LogP contribution in [0.5, 0.6) is 0 Å². The summed E-state index contributed by atoms with van der Waals surface area (Å²) in [5.74, 6) is 0. The molecule has 2 heteroatoms. The predicted molar refractivity (Wildman–Crippen MR) is 93.4 cm³/mol. The molecule has 0 fully saturated rings. The number of nitrogens with zero attached hydrogens (tertiary/aromatic N) is 1. The molecule has 0 spiro atoms. The summed E-state index contributed by atoms with van der Waals surface area (Å²) < 4.78 is 0. The Kier molecular flexibility index (Phi) is 7.98. The molecule has 0 heterocycles. The Morgan fingerprint density at radius 3 is 1.95 bits per heavy atom. The number of benzene rings is 1. The van der Waals surface area contributed by atoms with Gasteiger partial charge in [0.1, 0.15) is 0 Å². The molecule has 0 amide bonds. The summed E-state index contributed by atoms with van der Waals surface area (Å²) in [7, 11) is 0. The van der Waals surface area contributed by atoms with Crippen molar-refractivity contribution in [3.63, 3.8) is 0 Å². The van der Waals surface area contributed by atoms with Gasteiger partial charge in [-0.15, -0.1) is 0 Å². The fourth-order valence-corrected chi connectivity index (χ4v) is 3.20. The van der Waals surface area contributed by atoms with Crippen molar-refractivity contribution in [2.75, 3.05) is 13.1 Å². The molecule has 1 aromatic carbocycles. The van der Waals surface area contributed by atoms with Crippen LogP contribution in [-0.4, -0.2) is 24.0 Å². The van der Waals surface area contributed by atoms with E-state index in [0.717, 1.165) is 19.5 Å². The fraction of sp³-hybridized carbons (Fsp3) is 0.684. The quantitative estimate of drug-likeness (QED) is 0.685. The Balaban J connectivity index is 2.94. The van der Waals surface area contributed by atoms with Crippen LogP contribution in [0.25, 0.3) is 0 Å². The van der Waals surface area contributed by atoms with Crippen LogP contribution in [-0.2, 0) is 5.54 Å². The predicted octanol–water partition coefficient (Wildman–Crippen LogP) is 4.54. The first kappa shape index (κ1) is 18.2. The first-order valence-electron chi connectivity index (χ1n) is 8.66. The van der Waals surface area contributed by atoms with E-state index in [1.165, 1.54) is 31.2 Å². The summed E-state index contributed by atoms with van der Waals surface area (Å²) >= 11 is 0. The Bertz CT molecular complexity index is 364. The largest absolute Gasteiger partial charge is 0.320 e. The molecule has 2 N–H and O–H groups in total. The van der Waals surface area contributed by atoms with Crippen molar-refractivity contribution in [3.05, 3.63) is 35.9 Å². The Labute approximate surface area is 131 Å². The summed E-state index contributed by atoms with van der Waals surface area (Å²) in [6.07, 6.45) is 6.09. The smallest absolute Gasteiger partial charge is 0.0538 e. The Hall–Kier alpha value is -0.860. The highest BCUT2D eigenvalue weighted by atomic mass is 15.2. The van der Waals surface area contributed by atoms with Crippen LogP contribution < -0.4 is 5.73 Å². The minimum absolute atomic E-state index is 0.294. The van der Waals surface area contributed by atoms with Crippen LogP contribution in [0.3, 0.4) is 0 Å². The normalized spacial score (nSPS) is 15.9. The molecule has 1 rings (SSSR count). The molecule has 2 nitrogen and oxygen atoms in total. The maximum atomic E-state index is 6.80. The van der Waals surface area contributed by atoms with Crippen LogP contribution in [0, 0.1) is 0 Å². The van der Waals surface area contributed by atoms with Crippen molar-refractivity contribution in [1.29, 1.82) is 0 Å². The number of hydrogen-bond donors (Lipinski definition) is 1. The van der Waals surface area contributed by atoms with E-state index in [0.29, 0.717) is 6.04 Å². The molecule has 21 heavy (non-hydrogen) atoms. The van der Waals surface area contributed by atoms with Gasteiger partial charge in [-0.2, -0.15) is 0 Å². The molecule has 1 aromatic rings. The average molecular weight is 290 g/mol. The molecule has 2 atom stereocenters. The van der Waals surface area contributed by atoms with Crippen LogP contribution in [0.15, 0.2) is 30.3 Å². The van der Waals surface area contributed by atoms with Crippen molar-refractivity contribution < 1.29 is 0 Å². The Morgan fingerprint density at radius 2 is 1.52 bits per heavy atom. The summed E-state index contributed by atoms with van der Waals surface area (Å²) in [4.78, 5) is 2.62. The number of rotatable bonds is 10. The highest BCUT2D eigenvalue weighted by Gasteiger charge is 2.34. The van der Waals surface area contributed by atoms with Crippen molar-refractivity contribution in [3.8, 4) is 0 Å². The maximum absolute atomic E-state index is 6.80. The summed E-state index contributed by atoms with van der Waals surface area (Å²) in [5.41, 5.74) is 7.75. The number of nitrogens with two attached hydrogens (primary N) is 1. The van der Waals surface area contributed by atoms with Crippen LogP contribution in [0.2, 0.25) is 0 Å². The molecule has 120 valence electrons. The van der Waals surface area contributed by atoms with Crippen molar-refractivity contribution >= 4 is 0 Å². The first-order chi connectivity index (χ1) is 10.1. The lowest BCUT2D eigenvalue weighted by Crippen LogP contribution is -2.54. The third-order valence-electron chi connectivity index (χ3n) is 4.51. The average Bonchev–Trinajstić information content (AvgIpc) is 2.50. The van der Waals surface area contributed by atoms with Gasteiger partial charge in [-0.05, 0) is 44.8 Å². The summed E-state index contributed by atoms with van der Waals surface area (Å²) in [6.45, 7) is 11.3. The van der Waals surface area contributed by atoms with E-state index in [2.05, 4.69) is 62.9 Å². The third-order valence-corrected chi connectivity index (χ3v) is 4.51.